The Labute approximate surface area is 128 Å². The molecule has 21 heavy (non-hydrogen) atoms. The highest BCUT2D eigenvalue weighted by Crippen LogP contribution is 2.20. The van der Waals surface area contributed by atoms with Crippen LogP contribution in [0.4, 0.5) is 0 Å². The van der Waals surface area contributed by atoms with Crippen molar-refractivity contribution in [2.75, 3.05) is 13.2 Å². The summed E-state index contributed by atoms with van der Waals surface area (Å²) >= 11 is 0. The van der Waals surface area contributed by atoms with Crippen LogP contribution in [-0.4, -0.2) is 38.6 Å². The van der Waals surface area contributed by atoms with Gasteiger partial charge in [0.25, 0.3) is 15.0 Å². The second-order valence-electron chi connectivity index (χ2n) is 5.07. The fourth-order valence-corrected chi connectivity index (χ4v) is 3.09. The van der Waals surface area contributed by atoms with E-state index >= 15 is 0 Å². The summed E-state index contributed by atoms with van der Waals surface area (Å²) < 4.78 is 27.9. The van der Waals surface area contributed by atoms with Gasteiger partial charge in [-0.1, -0.05) is 19.3 Å². The van der Waals surface area contributed by atoms with Crippen molar-refractivity contribution in [3.8, 4) is 0 Å². The molecule has 0 aliphatic heterocycles. The lowest BCUT2D eigenvalue weighted by atomic mass is 9.98. The number of hydrogen-bond donors (Lipinski definition) is 2. The normalized spacial score (nSPS) is 16.8. The maximum absolute atomic E-state index is 11.8. The van der Waals surface area contributed by atoms with Gasteiger partial charge in [-0.3, -0.25) is 4.79 Å². The maximum Gasteiger partial charge on any atom is 0.267 e. The Bertz CT molecular complexity index is 579. The molecule has 0 saturated heterocycles. The Kier molecular flexibility index (Phi) is 5.66. The van der Waals surface area contributed by atoms with Gasteiger partial charge in [0, 0.05) is 23.4 Å². The lowest BCUT2D eigenvalue weighted by Gasteiger charge is -2.21. The van der Waals surface area contributed by atoms with E-state index in [1.165, 1.54) is 31.5 Å². The third-order valence-corrected chi connectivity index (χ3v) is 4.81. The number of nitrogens with one attached hydrogen (secondary N) is 2. The van der Waals surface area contributed by atoms with E-state index in [1.807, 2.05) is 0 Å². The summed E-state index contributed by atoms with van der Waals surface area (Å²) in [7, 11) is 1.37. The second kappa shape index (κ2) is 7.29. The zero-order valence-electron chi connectivity index (χ0n) is 11.6. The summed E-state index contributed by atoms with van der Waals surface area (Å²) in [5.74, 6) is -0.381. The monoisotopic (exact) mass is 334 g/mol. The van der Waals surface area contributed by atoms with Gasteiger partial charge in [-0.25, -0.2) is 8.42 Å². The quantitative estimate of drug-likeness (QED) is 0.615. The number of carbonyl (C=O) groups is 1. The molecule has 1 heterocycles. The van der Waals surface area contributed by atoms with Crippen LogP contribution in [0.3, 0.4) is 0 Å². The van der Waals surface area contributed by atoms with Gasteiger partial charge in [0.15, 0.2) is 0 Å². The summed E-state index contributed by atoms with van der Waals surface area (Å²) in [4.78, 5) is 14.3. The van der Waals surface area contributed by atoms with E-state index in [1.54, 1.807) is 0 Å². The predicted molar refractivity (Wildman–Crippen MR) is 79.0 cm³/mol. The maximum atomic E-state index is 11.8. The first-order chi connectivity index (χ1) is 9.97. The molecule has 1 aliphatic rings. The van der Waals surface area contributed by atoms with E-state index in [2.05, 4.69) is 10.3 Å². The number of rotatable bonds is 6. The highest BCUT2D eigenvalue weighted by molar-refractivity contribution is 8.13. The molecule has 2 rings (SSSR count). The van der Waals surface area contributed by atoms with Gasteiger partial charge in [0.2, 0.25) is 0 Å². The van der Waals surface area contributed by atoms with Gasteiger partial charge < -0.3 is 15.0 Å². The number of aromatic nitrogens is 1. The smallest absolute Gasteiger partial charge is 0.267 e. The molecule has 0 unspecified atom stereocenters. The van der Waals surface area contributed by atoms with Crippen LogP contribution in [0, 0.1) is 0 Å². The van der Waals surface area contributed by atoms with Gasteiger partial charge in [-0.05, 0) is 18.9 Å². The number of amides is 1. The fourth-order valence-electron chi connectivity index (χ4n) is 2.36. The van der Waals surface area contributed by atoms with E-state index < -0.39 is 9.05 Å². The number of H-pyrrole nitrogens is 1. The zero-order chi connectivity index (χ0) is 15.3. The van der Waals surface area contributed by atoms with Crippen LogP contribution in [0.2, 0.25) is 0 Å². The van der Waals surface area contributed by atoms with Crippen molar-refractivity contribution >= 4 is 25.6 Å². The second-order valence-corrected chi connectivity index (χ2v) is 7.64. The zero-order valence-corrected chi connectivity index (χ0v) is 13.2. The summed E-state index contributed by atoms with van der Waals surface area (Å²) in [5, 5.41) is 2.67. The van der Waals surface area contributed by atoms with E-state index in [0.29, 0.717) is 19.3 Å². The van der Waals surface area contributed by atoms with Gasteiger partial charge in [-0.2, -0.15) is 0 Å². The Hall–Kier alpha value is -1.05. The van der Waals surface area contributed by atoms with Crippen LogP contribution in [0.1, 0.15) is 42.6 Å². The Balaban J connectivity index is 1.73. The summed E-state index contributed by atoms with van der Waals surface area (Å²) in [6.07, 6.45) is 7.34. The van der Waals surface area contributed by atoms with Crippen LogP contribution in [-0.2, 0) is 13.8 Å². The van der Waals surface area contributed by atoms with Crippen LogP contribution in [0.25, 0.3) is 0 Å². The third-order valence-electron chi connectivity index (χ3n) is 3.48. The average Bonchev–Trinajstić information content (AvgIpc) is 2.94. The van der Waals surface area contributed by atoms with Crippen LogP contribution in [0.15, 0.2) is 17.2 Å². The number of hydrogen-bond acceptors (Lipinski definition) is 4. The van der Waals surface area contributed by atoms with Crippen molar-refractivity contribution in [1.29, 1.82) is 0 Å². The SMILES string of the molecule is O=C(NCCOC1CCCCC1)c1cc(S(=O)(=O)Cl)c[nH]1. The molecule has 1 amide bonds. The number of halogens is 1. The largest absolute Gasteiger partial charge is 0.376 e. The first kappa shape index (κ1) is 16.3. The molecule has 1 aromatic heterocycles. The van der Waals surface area contributed by atoms with Gasteiger partial charge in [0.1, 0.15) is 10.6 Å². The minimum Gasteiger partial charge on any atom is -0.376 e. The lowest BCUT2D eigenvalue weighted by Crippen LogP contribution is -2.29. The van der Waals surface area contributed by atoms with Crippen molar-refractivity contribution in [3.63, 3.8) is 0 Å². The topological polar surface area (TPSA) is 88.3 Å². The molecule has 118 valence electrons. The molecule has 1 fully saturated rings. The highest BCUT2D eigenvalue weighted by atomic mass is 35.7. The molecule has 0 aromatic carbocycles. The average molecular weight is 335 g/mol. The first-order valence-corrected chi connectivity index (χ1v) is 9.30. The fraction of sp³-hybridized carbons (Fsp3) is 0.615. The molecular weight excluding hydrogens is 316 g/mol. The molecular formula is C13H19ClN2O4S. The Morgan fingerprint density at radius 3 is 2.71 bits per heavy atom. The minimum atomic E-state index is -3.82. The Morgan fingerprint density at radius 2 is 2.10 bits per heavy atom. The molecule has 6 nitrogen and oxygen atoms in total. The standard InChI is InChI=1S/C13H19ClN2O4S/c14-21(18,19)11-8-12(16-9-11)13(17)15-6-7-20-10-4-2-1-3-5-10/h8-10,16H,1-7H2,(H,15,17). The van der Waals surface area contributed by atoms with Crippen molar-refractivity contribution in [1.82, 2.24) is 10.3 Å². The van der Waals surface area contributed by atoms with E-state index in [9.17, 15) is 13.2 Å². The molecule has 1 aliphatic carbocycles. The molecule has 0 radical (unpaired) electrons. The number of carbonyl (C=O) groups excluding carboxylic acids is 1. The molecule has 8 heteroatoms. The summed E-state index contributed by atoms with van der Waals surface area (Å²) in [6, 6.07) is 1.21. The number of ether oxygens (including phenoxy) is 1. The highest BCUT2D eigenvalue weighted by Gasteiger charge is 2.16. The van der Waals surface area contributed by atoms with Gasteiger partial charge in [-0.15, -0.1) is 0 Å². The van der Waals surface area contributed by atoms with E-state index in [-0.39, 0.29) is 16.5 Å². The van der Waals surface area contributed by atoms with Crippen LogP contribution < -0.4 is 5.32 Å². The molecule has 1 aromatic rings. The van der Waals surface area contributed by atoms with Gasteiger partial charge in [0.05, 0.1) is 12.7 Å². The number of aromatic amines is 1. The van der Waals surface area contributed by atoms with Crippen molar-refractivity contribution in [2.24, 2.45) is 0 Å². The van der Waals surface area contributed by atoms with Crippen molar-refractivity contribution in [2.45, 2.75) is 43.1 Å². The van der Waals surface area contributed by atoms with Gasteiger partial charge >= 0.3 is 0 Å². The molecule has 0 spiro atoms. The van der Waals surface area contributed by atoms with Crippen LogP contribution in [0.5, 0.6) is 0 Å². The lowest BCUT2D eigenvalue weighted by molar-refractivity contribution is 0.0299. The minimum absolute atomic E-state index is 0.118. The summed E-state index contributed by atoms with van der Waals surface area (Å²) in [6.45, 7) is 0.842. The van der Waals surface area contributed by atoms with E-state index in [0.717, 1.165) is 12.8 Å². The summed E-state index contributed by atoms with van der Waals surface area (Å²) in [5.41, 5.74) is 0.159. The van der Waals surface area contributed by atoms with Crippen molar-refractivity contribution in [3.05, 3.63) is 18.0 Å². The molecule has 1 saturated carbocycles. The first-order valence-electron chi connectivity index (χ1n) is 7.00. The predicted octanol–water partition coefficient (Wildman–Crippen LogP) is 2.02. The van der Waals surface area contributed by atoms with Crippen LogP contribution >= 0.6 is 10.7 Å². The van der Waals surface area contributed by atoms with E-state index in [4.69, 9.17) is 15.4 Å². The molecule has 0 bridgehead atoms. The Morgan fingerprint density at radius 1 is 1.38 bits per heavy atom. The molecule has 2 N–H and O–H groups in total. The third kappa shape index (κ3) is 5.01. The molecule has 0 atom stereocenters. The van der Waals surface area contributed by atoms with Crippen molar-refractivity contribution < 1.29 is 17.9 Å².